The minimum atomic E-state index is -3.94. The highest BCUT2D eigenvalue weighted by molar-refractivity contribution is 7.92. The van der Waals surface area contributed by atoms with Crippen LogP contribution in [0.25, 0.3) is 0 Å². The number of nitrogens with zero attached hydrogens (tertiary/aromatic N) is 2. The molecular formula is C17H18ClN3O3S. The number of carbonyl (C=O) groups excluding carboxylic acids is 1. The molecular weight excluding hydrogens is 362 g/mol. The maximum Gasteiger partial charge on any atom is 0.264 e. The monoisotopic (exact) mass is 379 g/mol. The second-order valence-corrected chi connectivity index (χ2v) is 7.70. The van der Waals surface area contributed by atoms with Crippen LogP contribution in [-0.4, -0.2) is 26.6 Å². The van der Waals surface area contributed by atoms with E-state index in [0.717, 1.165) is 4.31 Å². The van der Waals surface area contributed by atoms with E-state index >= 15 is 0 Å². The van der Waals surface area contributed by atoms with Crippen LogP contribution < -0.4 is 9.73 Å². The summed E-state index contributed by atoms with van der Waals surface area (Å²) in [5.74, 6) is -0.555. The Hall–Kier alpha value is -2.38. The highest BCUT2D eigenvalue weighted by Gasteiger charge is 2.27. The first-order valence-corrected chi connectivity index (χ1v) is 9.25. The number of hydrazone groups is 1. The molecule has 0 atom stereocenters. The Balaban J connectivity index is 2.42. The molecule has 0 spiro atoms. The van der Waals surface area contributed by atoms with Gasteiger partial charge >= 0.3 is 0 Å². The Morgan fingerprint density at radius 2 is 1.80 bits per heavy atom. The lowest BCUT2D eigenvalue weighted by Gasteiger charge is -2.23. The third-order valence-corrected chi connectivity index (χ3v) is 5.14. The smallest absolute Gasteiger partial charge is 0.264 e. The topological polar surface area (TPSA) is 78.8 Å². The molecule has 25 heavy (non-hydrogen) atoms. The lowest BCUT2D eigenvalue weighted by Crippen LogP contribution is -2.39. The molecule has 0 aliphatic rings. The fourth-order valence-electron chi connectivity index (χ4n) is 2.01. The molecule has 2 rings (SSSR count). The SMILES string of the molecule is CC(C)=NNC(=O)CN(c1cccc(Cl)c1)S(=O)(=O)c1ccccc1. The van der Waals surface area contributed by atoms with Gasteiger partial charge in [0.2, 0.25) is 0 Å². The Bertz CT molecular complexity index is 879. The summed E-state index contributed by atoms with van der Waals surface area (Å²) < 4.78 is 27.0. The predicted octanol–water partition coefficient (Wildman–Crippen LogP) is 3.05. The molecule has 0 fully saturated rings. The zero-order valence-corrected chi connectivity index (χ0v) is 15.4. The van der Waals surface area contributed by atoms with Crippen molar-refractivity contribution in [1.82, 2.24) is 5.43 Å². The van der Waals surface area contributed by atoms with Crippen LogP contribution in [0.5, 0.6) is 0 Å². The molecule has 0 bridgehead atoms. The second kappa shape index (κ2) is 8.13. The summed E-state index contributed by atoms with van der Waals surface area (Å²) in [5, 5.41) is 4.18. The highest BCUT2D eigenvalue weighted by atomic mass is 35.5. The normalized spacial score (nSPS) is 10.8. The quantitative estimate of drug-likeness (QED) is 0.618. The van der Waals surface area contributed by atoms with Gasteiger partial charge < -0.3 is 0 Å². The molecule has 0 radical (unpaired) electrons. The standard InChI is InChI=1S/C17H18ClN3O3S/c1-13(2)19-20-17(22)12-21(15-8-6-7-14(18)11-15)25(23,24)16-9-4-3-5-10-16/h3-11H,12H2,1-2H3,(H,20,22). The number of hydrogen-bond donors (Lipinski definition) is 1. The molecule has 8 heteroatoms. The van der Waals surface area contributed by atoms with Crippen LogP contribution in [0, 0.1) is 0 Å². The maximum atomic E-state index is 13.0. The molecule has 0 heterocycles. The van der Waals surface area contributed by atoms with Gasteiger partial charge in [0.15, 0.2) is 0 Å². The van der Waals surface area contributed by atoms with Crippen LogP contribution in [0.15, 0.2) is 64.6 Å². The van der Waals surface area contributed by atoms with Crippen LogP contribution in [0.3, 0.4) is 0 Å². The third kappa shape index (κ3) is 5.04. The van der Waals surface area contributed by atoms with Gasteiger partial charge in [0.1, 0.15) is 6.54 Å². The summed E-state index contributed by atoms with van der Waals surface area (Å²) >= 11 is 5.98. The van der Waals surface area contributed by atoms with Gasteiger partial charge in [0.05, 0.1) is 10.6 Å². The number of sulfonamides is 1. The zero-order valence-electron chi connectivity index (χ0n) is 13.8. The number of hydrogen-bond acceptors (Lipinski definition) is 4. The lowest BCUT2D eigenvalue weighted by molar-refractivity contribution is -0.119. The number of halogens is 1. The van der Waals surface area contributed by atoms with E-state index in [4.69, 9.17) is 11.6 Å². The van der Waals surface area contributed by atoms with Crippen molar-refractivity contribution in [3.8, 4) is 0 Å². The maximum absolute atomic E-state index is 13.0. The van der Waals surface area contributed by atoms with Gasteiger partial charge in [-0.05, 0) is 44.2 Å². The molecule has 0 unspecified atom stereocenters. The molecule has 0 saturated carbocycles. The fourth-order valence-corrected chi connectivity index (χ4v) is 3.62. The second-order valence-electron chi connectivity index (χ2n) is 5.40. The summed E-state index contributed by atoms with van der Waals surface area (Å²) in [5.41, 5.74) is 3.27. The molecule has 0 saturated heterocycles. The van der Waals surface area contributed by atoms with E-state index in [2.05, 4.69) is 10.5 Å². The van der Waals surface area contributed by atoms with Crippen molar-refractivity contribution in [3.63, 3.8) is 0 Å². The number of rotatable bonds is 6. The molecule has 1 amide bonds. The number of benzene rings is 2. The van der Waals surface area contributed by atoms with E-state index in [0.29, 0.717) is 16.4 Å². The van der Waals surface area contributed by atoms with Crippen LogP contribution in [0.4, 0.5) is 5.69 Å². The Morgan fingerprint density at radius 3 is 2.40 bits per heavy atom. The Labute approximate surface area is 152 Å². The average molecular weight is 380 g/mol. The summed E-state index contributed by atoms with van der Waals surface area (Å²) in [6.07, 6.45) is 0. The van der Waals surface area contributed by atoms with Crippen molar-refractivity contribution >= 4 is 38.9 Å². The van der Waals surface area contributed by atoms with Crippen molar-refractivity contribution in [2.75, 3.05) is 10.8 Å². The van der Waals surface area contributed by atoms with E-state index in [-0.39, 0.29) is 4.90 Å². The first-order valence-electron chi connectivity index (χ1n) is 7.44. The number of nitrogens with one attached hydrogen (secondary N) is 1. The van der Waals surface area contributed by atoms with E-state index in [1.54, 1.807) is 50.2 Å². The van der Waals surface area contributed by atoms with Crippen LogP contribution in [0.2, 0.25) is 5.02 Å². The van der Waals surface area contributed by atoms with Crippen molar-refractivity contribution in [2.24, 2.45) is 5.10 Å². The third-order valence-electron chi connectivity index (χ3n) is 3.12. The molecule has 132 valence electrons. The number of anilines is 1. The van der Waals surface area contributed by atoms with Crippen LogP contribution in [0.1, 0.15) is 13.8 Å². The molecule has 0 aromatic heterocycles. The van der Waals surface area contributed by atoms with Crippen molar-refractivity contribution in [1.29, 1.82) is 0 Å². The Morgan fingerprint density at radius 1 is 1.12 bits per heavy atom. The predicted molar refractivity (Wildman–Crippen MR) is 99.4 cm³/mol. The van der Waals surface area contributed by atoms with Crippen LogP contribution in [-0.2, 0) is 14.8 Å². The molecule has 2 aromatic carbocycles. The minimum absolute atomic E-state index is 0.0814. The number of amides is 1. The lowest BCUT2D eigenvalue weighted by atomic mass is 10.3. The Kier molecular flexibility index (Phi) is 6.17. The van der Waals surface area contributed by atoms with Gasteiger partial charge in [-0.1, -0.05) is 35.9 Å². The van der Waals surface area contributed by atoms with Crippen molar-refractivity contribution in [3.05, 3.63) is 59.6 Å². The van der Waals surface area contributed by atoms with E-state index < -0.39 is 22.5 Å². The van der Waals surface area contributed by atoms with Gasteiger partial charge in [0, 0.05) is 10.7 Å². The van der Waals surface area contributed by atoms with Crippen LogP contribution >= 0.6 is 11.6 Å². The zero-order chi connectivity index (χ0) is 18.4. The highest BCUT2D eigenvalue weighted by Crippen LogP contribution is 2.25. The molecule has 2 aromatic rings. The number of carbonyl (C=O) groups is 1. The summed E-state index contributed by atoms with van der Waals surface area (Å²) in [6, 6.07) is 14.2. The first-order chi connectivity index (χ1) is 11.8. The van der Waals surface area contributed by atoms with Crippen molar-refractivity contribution < 1.29 is 13.2 Å². The molecule has 6 nitrogen and oxygen atoms in total. The fraction of sp³-hybridized carbons (Fsp3) is 0.176. The average Bonchev–Trinajstić information content (AvgIpc) is 2.58. The largest absolute Gasteiger partial charge is 0.271 e. The van der Waals surface area contributed by atoms with Gasteiger partial charge in [-0.3, -0.25) is 9.10 Å². The van der Waals surface area contributed by atoms with E-state index in [1.165, 1.54) is 18.2 Å². The van der Waals surface area contributed by atoms with E-state index in [9.17, 15) is 13.2 Å². The van der Waals surface area contributed by atoms with Crippen molar-refractivity contribution in [2.45, 2.75) is 18.7 Å². The van der Waals surface area contributed by atoms with Gasteiger partial charge in [0.25, 0.3) is 15.9 Å². The molecule has 0 aliphatic heterocycles. The summed E-state index contributed by atoms with van der Waals surface area (Å²) in [6.45, 7) is 3.01. The first kappa shape index (κ1) is 19.0. The molecule has 1 N–H and O–H groups in total. The summed E-state index contributed by atoms with van der Waals surface area (Å²) in [4.78, 5) is 12.2. The van der Waals surface area contributed by atoms with E-state index in [1.807, 2.05) is 0 Å². The van der Waals surface area contributed by atoms with Gasteiger partial charge in [-0.15, -0.1) is 0 Å². The molecule has 0 aliphatic carbocycles. The minimum Gasteiger partial charge on any atom is -0.271 e. The summed E-state index contributed by atoms with van der Waals surface area (Å²) in [7, 11) is -3.94. The van der Waals surface area contributed by atoms with Gasteiger partial charge in [-0.2, -0.15) is 5.10 Å². The van der Waals surface area contributed by atoms with Gasteiger partial charge in [-0.25, -0.2) is 13.8 Å².